The zero-order chi connectivity index (χ0) is 16.6. The summed E-state index contributed by atoms with van der Waals surface area (Å²) in [6.07, 6.45) is 0. The van der Waals surface area contributed by atoms with Gasteiger partial charge in [-0.15, -0.1) is 0 Å². The van der Waals surface area contributed by atoms with Crippen LogP contribution in [-0.4, -0.2) is 11.2 Å². The minimum Gasteiger partial charge on any atom is -0.488 e. The second-order valence-electron chi connectivity index (χ2n) is 7.05. The minimum atomic E-state index is -0.0959. The monoisotopic (exact) mass is 316 g/mol. The molecule has 0 heterocycles. The average molecular weight is 316 g/mol. The Morgan fingerprint density at radius 2 is 0.783 bits per heavy atom. The van der Waals surface area contributed by atoms with Gasteiger partial charge >= 0.3 is 0 Å². The summed E-state index contributed by atoms with van der Waals surface area (Å²) in [5, 5.41) is 0. The van der Waals surface area contributed by atoms with E-state index in [0.29, 0.717) is 0 Å². The van der Waals surface area contributed by atoms with E-state index in [1.165, 1.54) is 0 Å². The van der Waals surface area contributed by atoms with Crippen molar-refractivity contribution in [1.29, 1.82) is 0 Å². The van der Waals surface area contributed by atoms with Gasteiger partial charge in [-0.1, -0.05) is 43.8 Å². The molecule has 0 N–H and O–H groups in total. The Balaban J connectivity index is 0.000000403. The molecule has 0 spiro atoms. The van der Waals surface area contributed by atoms with Crippen molar-refractivity contribution in [3.63, 3.8) is 0 Å². The molecule has 0 atom stereocenters. The molecule has 0 aliphatic heterocycles. The number of benzene rings is 2. The van der Waals surface area contributed by atoms with Gasteiger partial charge in [0.25, 0.3) is 0 Å². The van der Waals surface area contributed by atoms with E-state index < -0.39 is 0 Å². The lowest BCUT2D eigenvalue weighted by Crippen LogP contribution is -2.22. The topological polar surface area (TPSA) is 18.5 Å². The highest BCUT2D eigenvalue weighted by atomic mass is 16.5. The first kappa shape index (κ1) is 21.0. The van der Waals surface area contributed by atoms with Gasteiger partial charge in [0.05, 0.1) is 0 Å². The van der Waals surface area contributed by atoms with E-state index in [1.807, 2.05) is 102 Å². The molecule has 128 valence electrons. The number of hydrogen-bond donors (Lipinski definition) is 0. The first-order valence-electron chi connectivity index (χ1n) is 7.64. The Morgan fingerprint density at radius 3 is 1.00 bits per heavy atom. The highest BCUT2D eigenvalue weighted by Gasteiger charge is 2.11. The Morgan fingerprint density at radius 1 is 0.522 bits per heavy atom. The van der Waals surface area contributed by atoms with Crippen LogP contribution in [0, 0.1) is 0 Å². The van der Waals surface area contributed by atoms with Crippen molar-refractivity contribution >= 4 is 0 Å². The van der Waals surface area contributed by atoms with E-state index in [0.717, 1.165) is 11.5 Å². The molecule has 0 unspecified atom stereocenters. The van der Waals surface area contributed by atoms with Crippen LogP contribution in [0.3, 0.4) is 0 Å². The molecule has 0 aliphatic carbocycles. The van der Waals surface area contributed by atoms with Crippen LogP contribution >= 0.6 is 0 Å². The highest BCUT2D eigenvalue weighted by Crippen LogP contribution is 2.17. The molecule has 2 heteroatoms. The third-order valence-electron chi connectivity index (χ3n) is 2.33. The molecule has 2 nitrogen and oxygen atoms in total. The summed E-state index contributed by atoms with van der Waals surface area (Å²) in [5.41, 5.74) is -0.192. The average Bonchev–Trinajstić information content (AvgIpc) is 2.38. The first-order chi connectivity index (χ1) is 10.2. The summed E-state index contributed by atoms with van der Waals surface area (Å²) in [5.74, 6) is 1.86. The summed E-state index contributed by atoms with van der Waals surface area (Å²) < 4.78 is 11.2. The number of rotatable bonds is 2. The molecular weight excluding hydrogens is 284 g/mol. The van der Waals surface area contributed by atoms with Crippen LogP contribution < -0.4 is 9.47 Å². The summed E-state index contributed by atoms with van der Waals surface area (Å²) in [6.45, 7) is 12.2. The van der Waals surface area contributed by atoms with Gasteiger partial charge in [0.1, 0.15) is 22.7 Å². The van der Waals surface area contributed by atoms with Crippen LogP contribution in [0.15, 0.2) is 60.7 Å². The van der Waals surface area contributed by atoms with Gasteiger partial charge in [0, 0.05) is 0 Å². The van der Waals surface area contributed by atoms with Crippen molar-refractivity contribution < 1.29 is 9.47 Å². The zero-order valence-corrected chi connectivity index (χ0v) is 14.6. The fourth-order valence-corrected chi connectivity index (χ4v) is 1.68. The molecule has 0 aliphatic rings. The lowest BCUT2D eigenvalue weighted by molar-refractivity contribution is 0.130. The first-order valence-corrected chi connectivity index (χ1v) is 7.64. The molecule has 0 saturated carbocycles. The van der Waals surface area contributed by atoms with Crippen molar-refractivity contribution in [2.45, 2.75) is 60.2 Å². The van der Waals surface area contributed by atoms with E-state index in [9.17, 15) is 0 Å². The summed E-state index contributed by atoms with van der Waals surface area (Å²) in [4.78, 5) is 0. The Bertz CT molecular complexity index is 468. The van der Waals surface area contributed by atoms with Gasteiger partial charge in [-0.2, -0.15) is 0 Å². The van der Waals surface area contributed by atoms with Gasteiger partial charge in [-0.3, -0.25) is 0 Å². The van der Waals surface area contributed by atoms with E-state index in [2.05, 4.69) is 0 Å². The van der Waals surface area contributed by atoms with E-state index in [1.54, 1.807) is 0 Å². The molecular formula is C21H32O2. The predicted octanol–water partition coefficient (Wildman–Crippen LogP) is 6.36. The van der Waals surface area contributed by atoms with E-state index in [-0.39, 0.29) is 18.6 Å². The van der Waals surface area contributed by atoms with Crippen molar-refractivity contribution in [1.82, 2.24) is 0 Å². The molecule has 2 aromatic rings. The van der Waals surface area contributed by atoms with E-state index >= 15 is 0 Å². The van der Waals surface area contributed by atoms with Gasteiger partial charge in [0.15, 0.2) is 0 Å². The number of hydrogen-bond acceptors (Lipinski definition) is 2. The maximum absolute atomic E-state index is 5.60. The molecule has 2 rings (SSSR count). The van der Waals surface area contributed by atoms with Gasteiger partial charge in [0.2, 0.25) is 0 Å². The largest absolute Gasteiger partial charge is 0.488 e. The summed E-state index contributed by atoms with van der Waals surface area (Å²) in [7, 11) is 0. The molecule has 0 fully saturated rings. The van der Waals surface area contributed by atoms with Crippen LogP contribution in [0.25, 0.3) is 0 Å². The standard InChI is InChI=1S/2C10H14O.CH4/c2*1-10(2,3)11-9-7-5-4-6-8-9;/h2*4-8H,1-3H3;1H4. The summed E-state index contributed by atoms with van der Waals surface area (Å²) >= 11 is 0. The molecule has 23 heavy (non-hydrogen) atoms. The molecule has 2 aromatic carbocycles. The molecule has 0 radical (unpaired) electrons. The lowest BCUT2D eigenvalue weighted by Gasteiger charge is -2.20. The molecule has 0 amide bonds. The highest BCUT2D eigenvalue weighted by molar-refractivity contribution is 5.22. The maximum Gasteiger partial charge on any atom is 0.120 e. The Hall–Kier alpha value is -1.96. The predicted molar refractivity (Wildman–Crippen MR) is 100 cm³/mol. The van der Waals surface area contributed by atoms with Crippen molar-refractivity contribution in [2.75, 3.05) is 0 Å². The lowest BCUT2D eigenvalue weighted by atomic mass is 10.2. The SMILES string of the molecule is C.CC(C)(C)Oc1ccccc1.CC(C)(C)Oc1ccccc1. The number of ether oxygens (including phenoxy) is 2. The van der Waals surface area contributed by atoms with Gasteiger partial charge < -0.3 is 9.47 Å². The van der Waals surface area contributed by atoms with Crippen molar-refractivity contribution in [3.8, 4) is 11.5 Å². The van der Waals surface area contributed by atoms with Gasteiger partial charge in [-0.05, 0) is 65.8 Å². The Labute approximate surface area is 142 Å². The molecule has 0 bridgehead atoms. The summed E-state index contributed by atoms with van der Waals surface area (Å²) in [6, 6.07) is 19.7. The van der Waals surface area contributed by atoms with Crippen LogP contribution in [0.4, 0.5) is 0 Å². The zero-order valence-electron chi connectivity index (χ0n) is 14.6. The fraction of sp³-hybridized carbons (Fsp3) is 0.429. The Kier molecular flexibility index (Phi) is 8.45. The van der Waals surface area contributed by atoms with Crippen molar-refractivity contribution in [3.05, 3.63) is 60.7 Å². The van der Waals surface area contributed by atoms with E-state index in [4.69, 9.17) is 9.47 Å². The minimum absolute atomic E-state index is 0. The van der Waals surface area contributed by atoms with Crippen LogP contribution in [-0.2, 0) is 0 Å². The van der Waals surface area contributed by atoms with Crippen LogP contribution in [0.1, 0.15) is 49.0 Å². The molecule has 0 saturated heterocycles. The quantitative estimate of drug-likeness (QED) is 0.641. The normalized spacial score (nSPS) is 10.7. The third kappa shape index (κ3) is 11.3. The van der Waals surface area contributed by atoms with Crippen molar-refractivity contribution in [2.24, 2.45) is 0 Å². The van der Waals surface area contributed by atoms with Crippen LogP contribution in [0.2, 0.25) is 0 Å². The second kappa shape index (κ2) is 9.24. The van der Waals surface area contributed by atoms with Crippen LogP contribution in [0.5, 0.6) is 11.5 Å². The molecule has 0 aromatic heterocycles. The second-order valence-corrected chi connectivity index (χ2v) is 7.05. The van der Waals surface area contributed by atoms with Gasteiger partial charge in [-0.25, -0.2) is 0 Å². The smallest absolute Gasteiger partial charge is 0.120 e. The maximum atomic E-state index is 5.60. The third-order valence-corrected chi connectivity index (χ3v) is 2.33. The fourth-order valence-electron chi connectivity index (χ4n) is 1.68. The number of para-hydroxylation sites is 2.